The lowest BCUT2D eigenvalue weighted by Crippen LogP contribution is -2.20. The van der Waals surface area contributed by atoms with Crippen LogP contribution in [0.15, 0.2) is 48.5 Å². The van der Waals surface area contributed by atoms with Crippen molar-refractivity contribution in [3.63, 3.8) is 0 Å². The number of aryl methyl sites for hydroxylation is 2. The van der Waals surface area contributed by atoms with Crippen LogP contribution in [0.4, 0.5) is 0 Å². The minimum Gasteiger partial charge on any atom is -0.295 e. The van der Waals surface area contributed by atoms with Crippen LogP contribution < -0.4 is 0 Å². The molecular weight excluding hydrogens is 286 g/mol. The second kappa shape index (κ2) is 6.71. The Balaban J connectivity index is 1.74. The van der Waals surface area contributed by atoms with Gasteiger partial charge in [0.1, 0.15) is 0 Å². The summed E-state index contributed by atoms with van der Waals surface area (Å²) in [4.78, 5) is 2.22. The first kappa shape index (κ1) is 15.4. The highest BCUT2D eigenvalue weighted by atomic mass is 15.5. The average Bonchev–Trinajstić information content (AvgIpc) is 2.99. The van der Waals surface area contributed by atoms with Crippen molar-refractivity contribution in [1.29, 1.82) is 0 Å². The average molecular weight is 307 g/mol. The Bertz CT molecular complexity index is 779. The van der Waals surface area contributed by atoms with Gasteiger partial charge in [0.05, 0.1) is 12.2 Å². The molecule has 0 aliphatic heterocycles. The highest BCUT2D eigenvalue weighted by Crippen LogP contribution is 2.14. The maximum absolute atomic E-state index is 4.17. The summed E-state index contributed by atoms with van der Waals surface area (Å²) < 4.78 is 1.79. The van der Waals surface area contributed by atoms with E-state index in [4.69, 9.17) is 0 Å². The zero-order valence-electron chi connectivity index (χ0n) is 13.8. The second-order valence-corrected chi connectivity index (χ2v) is 5.94. The van der Waals surface area contributed by atoms with Crippen LogP contribution in [-0.4, -0.2) is 32.2 Å². The van der Waals surface area contributed by atoms with Gasteiger partial charge < -0.3 is 0 Å². The van der Waals surface area contributed by atoms with E-state index in [1.54, 1.807) is 4.68 Å². The number of rotatable bonds is 5. The van der Waals surface area contributed by atoms with E-state index in [-0.39, 0.29) is 0 Å². The van der Waals surface area contributed by atoms with E-state index < -0.39 is 0 Å². The van der Waals surface area contributed by atoms with Gasteiger partial charge in [-0.1, -0.05) is 42.0 Å². The second-order valence-electron chi connectivity index (χ2n) is 5.94. The third-order valence-corrected chi connectivity index (χ3v) is 3.88. The zero-order chi connectivity index (χ0) is 16.2. The van der Waals surface area contributed by atoms with Gasteiger partial charge in [-0.05, 0) is 54.6 Å². The van der Waals surface area contributed by atoms with Crippen LogP contribution in [0.1, 0.15) is 22.5 Å². The number of hydrogen-bond donors (Lipinski definition) is 0. The number of para-hydroxylation sites is 1. The van der Waals surface area contributed by atoms with Crippen molar-refractivity contribution in [1.82, 2.24) is 25.1 Å². The molecule has 0 radical (unpaired) electrons. The number of nitrogens with zero attached hydrogens (tertiary/aromatic N) is 5. The van der Waals surface area contributed by atoms with E-state index in [2.05, 4.69) is 59.5 Å². The molecule has 0 spiro atoms. The van der Waals surface area contributed by atoms with Crippen molar-refractivity contribution >= 4 is 0 Å². The zero-order valence-corrected chi connectivity index (χ0v) is 13.8. The molecule has 0 saturated heterocycles. The molecule has 0 bridgehead atoms. The van der Waals surface area contributed by atoms with Gasteiger partial charge in [0.25, 0.3) is 0 Å². The molecule has 2 aromatic carbocycles. The molecule has 0 saturated carbocycles. The number of tetrazole rings is 1. The molecule has 0 aliphatic carbocycles. The molecule has 1 aromatic heterocycles. The van der Waals surface area contributed by atoms with Crippen LogP contribution in [0, 0.1) is 13.8 Å². The lowest BCUT2D eigenvalue weighted by Gasteiger charge is -2.17. The summed E-state index contributed by atoms with van der Waals surface area (Å²) in [6.45, 7) is 5.83. The third-order valence-electron chi connectivity index (χ3n) is 3.88. The predicted octanol–water partition coefficient (Wildman–Crippen LogP) is 2.91. The van der Waals surface area contributed by atoms with Gasteiger partial charge in [0, 0.05) is 6.54 Å². The van der Waals surface area contributed by atoms with Crippen molar-refractivity contribution in [2.45, 2.75) is 26.9 Å². The van der Waals surface area contributed by atoms with Crippen molar-refractivity contribution in [2.75, 3.05) is 7.05 Å². The normalized spacial score (nSPS) is 11.1. The van der Waals surface area contributed by atoms with Crippen molar-refractivity contribution in [3.8, 4) is 5.69 Å². The molecule has 0 atom stereocenters. The molecule has 23 heavy (non-hydrogen) atoms. The fourth-order valence-corrected chi connectivity index (χ4v) is 2.69. The van der Waals surface area contributed by atoms with Crippen LogP contribution in [0.3, 0.4) is 0 Å². The van der Waals surface area contributed by atoms with E-state index >= 15 is 0 Å². The summed E-state index contributed by atoms with van der Waals surface area (Å²) in [5.41, 5.74) is 4.92. The number of aromatic nitrogens is 4. The monoisotopic (exact) mass is 307 g/mol. The Morgan fingerprint density at radius 3 is 2.52 bits per heavy atom. The van der Waals surface area contributed by atoms with E-state index in [1.807, 2.05) is 30.3 Å². The van der Waals surface area contributed by atoms with E-state index in [9.17, 15) is 0 Å². The molecule has 0 fully saturated rings. The SMILES string of the molecule is Cc1ccc(CN(C)Cc2nnnn2-c2ccccc2)c(C)c1. The molecule has 0 aliphatic rings. The number of hydrogen-bond acceptors (Lipinski definition) is 4. The molecule has 5 nitrogen and oxygen atoms in total. The van der Waals surface area contributed by atoms with Crippen molar-refractivity contribution < 1.29 is 0 Å². The Morgan fingerprint density at radius 2 is 1.78 bits per heavy atom. The highest BCUT2D eigenvalue weighted by Gasteiger charge is 2.11. The standard InChI is InChI=1S/C18H21N5/c1-14-9-10-16(15(2)11-14)12-22(3)13-18-19-20-21-23(18)17-7-5-4-6-8-17/h4-11H,12-13H2,1-3H3. The lowest BCUT2D eigenvalue weighted by atomic mass is 10.1. The fourth-order valence-electron chi connectivity index (χ4n) is 2.69. The molecule has 3 rings (SSSR count). The quantitative estimate of drug-likeness (QED) is 0.727. The summed E-state index contributed by atoms with van der Waals surface area (Å²) in [5, 5.41) is 12.1. The van der Waals surface area contributed by atoms with Crippen LogP contribution in [0.5, 0.6) is 0 Å². The smallest absolute Gasteiger partial charge is 0.170 e. The highest BCUT2D eigenvalue weighted by molar-refractivity contribution is 5.31. The first-order chi connectivity index (χ1) is 11.1. The summed E-state index contributed by atoms with van der Waals surface area (Å²) in [7, 11) is 2.09. The molecule has 5 heteroatoms. The first-order valence-corrected chi connectivity index (χ1v) is 7.71. The van der Waals surface area contributed by atoms with Gasteiger partial charge >= 0.3 is 0 Å². The molecule has 0 N–H and O–H groups in total. The molecule has 1 heterocycles. The predicted molar refractivity (Wildman–Crippen MR) is 90.2 cm³/mol. The third kappa shape index (κ3) is 3.63. The minimum atomic E-state index is 0.690. The Morgan fingerprint density at radius 1 is 1.00 bits per heavy atom. The molecule has 3 aromatic rings. The molecule has 0 amide bonds. The minimum absolute atomic E-state index is 0.690. The lowest BCUT2D eigenvalue weighted by molar-refractivity contribution is 0.307. The molecular formula is C18H21N5. The Labute approximate surface area is 136 Å². The summed E-state index contributed by atoms with van der Waals surface area (Å²) in [6, 6.07) is 16.5. The summed E-state index contributed by atoms with van der Waals surface area (Å²) in [5.74, 6) is 0.837. The maximum Gasteiger partial charge on any atom is 0.170 e. The topological polar surface area (TPSA) is 46.8 Å². The van der Waals surface area contributed by atoms with Crippen LogP contribution >= 0.6 is 0 Å². The maximum atomic E-state index is 4.17. The van der Waals surface area contributed by atoms with Gasteiger partial charge in [-0.15, -0.1) is 5.10 Å². The van der Waals surface area contributed by atoms with Crippen molar-refractivity contribution in [3.05, 3.63) is 71.0 Å². The van der Waals surface area contributed by atoms with Gasteiger partial charge in [-0.3, -0.25) is 4.90 Å². The van der Waals surface area contributed by atoms with Crippen LogP contribution in [0.2, 0.25) is 0 Å². The van der Waals surface area contributed by atoms with Gasteiger partial charge in [-0.25, -0.2) is 0 Å². The van der Waals surface area contributed by atoms with E-state index in [1.165, 1.54) is 16.7 Å². The van der Waals surface area contributed by atoms with Crippen LogP contribution in [0.25, 0.3) is 5.69 Å². The fraction of sp³-hybridized carbons (Fsp3) is 0.278. The van der Waals surface area contributed by atoms with Crippen LogP contribution in [-0.2, 0) is 13.1 Å². The summed E-state index contributed by atoms with van der Waals surface area (Å²) >= 11 is 0. The van der Waals surface area contributed by atoms with E-state index in [0.717, 1.165) is 18.1 Å². The number of benzene rings is 2. The largest absolute Gasteiger partial charge is 0.295 e. The Kier molecular flexibility index (Phi) is 4.48. The van der Waals surface area contributed by atoms with E-state index in [0.29, 0.717) is 6.54 Å². The first-order valence-electron chi connectivity index (χ1n) is 7.71. The molecule has 118 valence electrons. The van der Waals surface area contributed by atoms with Gasteiger partial charge in [0.2, 0.25) is 0 Å². The Hall–Kier alpha value is -2.53. The molecule has 0 unspecified atom stereocenters. The van der Waals surface area contributed by atoms with Gasteiger partial charge in [0.15, 0.2) is 5.82 Å². The van der Waals surface area contributed by atoms with Crippen molar-refractivity contribution in [2.24, 2.45) is 0 Å². The summed E-state index contributed by atoms with van der Waals surface area (Å²) in [6.07, 6.45) is 0. The van der Waals surface area contributed by atoms with Gasteiger partial charge in [-0.2, -0.15) is 4.68 Å².